The minimum atomic E-state index is -0.178. The van der Waals surface area contributed by atoms with Gasteiger partial charge in [0.05, 0.1) is 12.6 Å². The van der Waals surface area contributed by atoms with Gasteiger partial charge in [-0.25, -0.2) is 4.98 Å². The molecule has 0 spiro atoms. The molecule has 4 heteroatoms. The van der Waals surface area contributed by atoms with Crippen LogP contribution >= 0.6 is 0 Å². The van der Waals surface area contributed by atoms with Gasteiger partial charge in [0.2, 0.25) is 0 Å². The van der Waals surface area contributed by atoms with E-state index in [1.165, 1.54) is 25.7 Å². The predicted molar refractivity (Wildman–Crippen MR) is 67.5 cm³/mol. The minimum absolute atomic E-state index is 0.178. The van der Waals surface area contributed by atoms with Crippen LogP contribution in [0.1, 0.15) is 31.5 Å². The third-order valence-electron chi connectivity index (χ3n) is 3.78. The van der Waals surface area contributed by atoms with Crippen molar-refractivity contribution in [2.24, 2.45) is 13.0 Å². The Morgan fingerprint density at radius 1 is 1.53 bits per heavy atom. The highest BCUT2D eigenvalue weighted by molar-refractivity contribution is 4.91. The Kier molecular flexibility index (Phi) is 4.18. The van der Waals surface area contributed by atoms with E-state index in [2.05, 4.69) is 9.88 Å². The van der Waals surface area contributed by atoms with Gasteiger partial charge in [-0.1, -0.05) is 12.8 Å². The molecule has 17 heavy (non-hydrogen) atoms. The summed E-state index contributed by atoms with van der Waals surface area (Å²) in [6.45, 7) is 1.55. The molecule has 1 aromatic heterocycles. The van der Waals surface area contributed by atoms with Crippen LogP contribution in [0.4, 0.5) is 0 Å². The van der Waals surface area contributed by atoms with Gasteiger partial charge in [0.1, 0.15) is 5.82 Å². The number of aryl methyl sites for hydroxylation is 1. The van der Waals surface area contributed by atoms with Gasteiger partial charge in [0.25, 0.3) is 0 Å². The van der Waals surface area contributed by atoms with E-state index in [4.69, 9.17) is 0 Å². The molecule has 0 aliphatic heterocycles. The molecule has 1 N–H and O–H groups in total. The van der Waals surface area contributed by atoms with Crippen LogP contribution < -0.4 is 0 Å². The van der Waals surface area contributed by atoms with Gasteiger partial charge in [-0.15, -0.1) is 0 Å². The molecule has 1 aliphatic rings. The van der Waals surface area contributed by atoms with E-state index >= 15 is 0 Å². The number of aromatic nitrogens is 2. The monoisotopic (exact) mass is 237 g/mol. The van der Waals surface area contributed by atoms with Crippen LogP contribution in [0.2, 0.25) is 0 Å². The van der Waals surface area contributed by atoms with Crippen LogP contribution in [-0.2, 0) is 13.6 Å². The molecule has 4 nitrogen and oxygen atoms in total. The fourth-order valence-electron chi connectivity index (χ4n) is 2.67. The summed E-state index contributed by atoms with van der Waals surface area (Å²) >= 11 is 0. The van der Waals surface area contributed by atoms with Crippen molar-refractivity contribution >= 4 is 0 Å². The molecule has 1 aromatic rings. The summed E-state index contributed by atoms with van der Waals surface area (Å²) in [5, 5.41) is 10.1. The maximum absolute atomic E-state index is 10.1. The largest absolute Gasteiger partial charge is 0.392 e. The van der Waals surface area contributed by atoms with Gasteiger partial charge in [-0.3, -0.25) is 4.90 Å². The Morgan fingerprint density at radius 3 is 2.82 bits per heavy atom. The molecule has 0 amide bonds. The maximum Gasteiger partial charge on any atom is 0.122 e. The van der Waals surface area contributed by atoms with Gasteiger partial charge >= 0.3 is 0 Å². The van der Waals surface area contributed by atoms with Gasteiger partial charge in [-0.2, -0.15) is 0 Å². The standard InChI is InChI=1S/C13H23N3O/c1-15(10-13-14-7-8-16(13)2)9-12(17)11-5-3-4-6-11/h7-8,11-12,17H,3-6,9-10H2,1-2H3. The van der Waals surface area contributed by atoms with Gasteiger partial charge in [0.15, 0.2) is 0 Å². The molecule has 1 heterocycles. The molecule has 2 rings (SSSR count). The zero-order valence-electron chi connectivity index (χ0n) is 10.8. The lowest BCUT2D eigenvalue weighted by Crippen LogP contribution is -2.33. The third-order valence-corrected chi connectivity index (χ3v) is 3.78. The maximum atomic E-state index is 10.1. The van der Waals surface area contributed by atoms with E-state index in [1.807, 2.05) is 31.1 Å². The molecule has 0 bridgehead atoms. The van der Waals surface area contributed by atoms with Crippen molar-refractivity contribution < 1.29 is 5.11 Å². The zero-order valence-corrected chi connectivity index (χ0v) is 10.8. The first-order valence-electron chi connectivity index (χ1n) is 6.49. The van der Waals surface area contributed by atoms with E-state index in [0.29, 0.717) is 5.92 Å². The zero-order chi connectivity index (χ0) is 12.3. The molecule has 1 saturated carbocycles. The lowest BCUT2D eigenvalue weighted by atomic mass is 10.0. The van der Waals surface area contributed by atoms with Crippen LogP contribution in [-0.4, -0.2) is 39.3 Å². The van der Waals surface area contributed by atoms with E-state index in [1.54, 1.807) is 0 Å². The summed E-state index contributed by atoms with van der Waals surface area (Å²) in [4.78, 5) is 6.46. The molecule has 1 aliphatic carbocycles. The first kappa shape index (κ1) is 12.6. The quantitative estimate of drug-likeness (QED) is 0.841. The van der Waals surface area contributed by atoms with E-state index in [0.717, 1.165) is 18.9 Å². The van der Waals surface area contributed by atoms with Crippen molar-refractivity contribution in [1.29, 1.82) is 0 Å². The predicted octanol–water partition coefficient (Wildman–Crippen LogP) is 1.40. The average Bonchev–Trinajstić information content (AvgIpc) is 2.90. The highest BCUT2D eigenvalue weighted by atomic mass is 16.3. The van der Waals surface area contributed by atoms with E-state index in [9.17, 15) is 5.11 Å². The summed E-state index contributed by atoms with van der Waals surface area (Å²) in [5.41, 5.74) is 0. The number of likely N-dealkylation sites (N-methyl/N-ethyl adjacent to an activating group) is 1. The topological polar surface area (TPSA) is 41.3 Å². The average molecular weight is 237 g/mol. The molecular weight excluding hydrogens is 214 g/mol. The van der Waals surface area contributed by atoms with Crippen LogP contribution in [0, 0.1) is 5.92 Å². The Morgan fingerprint density at radius 2 is 2.24 bits per heavy atom. The summed E-state index contributed by atoms with van der Waals surface area (Å²) in [6.07, 6.45) is 8.54. The summed E-state index contributed by atoms with van der Waals surface area (Å²) in [7, 11) is 4.05. The van der Waals surface area contributed by atoms with Gasteiger partial charge in [-0.05, 0) is 25.8 Å². The lowest BCUT2D eigenvalue weighted by molar-refractivity contribution is 0.0714. The second-order valence-electron chi connectivity index (χ2n) is 5.26. The van der Waals surface area contributed by atoms with Crippen molar-refractivity contribution in [1.82, 2.24) is 14.5 Å². The number of rotatable bonds is 5. The molecule has 0 aromatic carbocycles. The fraction of sp³-hybridized carbons (Fsp3) is 0.769. The number of nitrogens with zero attached hydrogens (tertiary/aromatic N) is 3. The van der Waals surface area contributed by atoms with Crippen molar-refractivity contribution in [3.05, 3.63) is 18.2 Å². The number of aliphatic hydroxyl groups excluding tert-OH is 1. The lowest BCUT2D eigenvalue weighted by Gasteiger charge is -2.24. The Labute approximate surface area is 103 Å². The van der Waals surface area contributed by atoms with Crippen LogP contribution in [0.15, 0.2) is 12.4 Å². The second kappa shape index (κ2) is 5.65. The highest BCUT2D eigenvalue weighted by Crippen LogP contribution is 2.27. The Hall–Kier alpha value is -0.870. The normalized spacial score (nSPS) is 19.1. The number of hydrogen-bond acceptors (Lipinski definition) is 3. The highest BCUT2D eigenvalue weighted by Gasteiger charge is 2.24. The molecule has 96 valence electrons. The third kappa shape index (κ3) is 3.30. The van der Waals surface area contributed by atoms with Crippen LogP contribution in [0.5, 0.6) is 0 Å². The van der Waals surface area contributed by atoms with Gasteiger partial charge in [0, 0.05) is 26.0 Å². The number of aliphatic hydroxyl groups is 1. The molecule has 0 radical (unpaired) electrons. The minimum Gasteiger partial charge on any atom is -0.392 e. The number of imidazole rings is 1. The summed E-state index contributed by atoms with van der Waals surface area (Å²) in [6, 6.07) is 0. The molecule has 1 fully saturated rings. The van der Waals surface area contributed by atoms with Crippen molar-refractivity contribution in [3.8, 4) is 0 Å². The SMILES string of the molecule is CN(Cc1nccn1C)CC(O)C1CCCC1. The van der Waals surface area contributed by atoms with Gasteiger partial charge < -0.3 is 9.67 Å². The van der Waals surface area contributed by atoms with Crippen molar-refractivity contribution in [2.45, 2.75) is 38.3 Å². The smallest absolute Gasteiger partial charge is 0.122 e. The van der Waals surface area contributed by atoms with E-state index < -0.39 is 0 Å². The first-order chi connectivity index (χ1) is 8.16. The Balaban J connectivity index is 1.80. The molecule has 1 unspecified atom stereocenters. The van der Waals surface area contributed by atoms with Crippen LogP contribution in [0.25, 0.3) is 0 Å². The summed E-state index contributed by atoms with van der Waals surface area (Å²) in [5.74, 6) is 1.56. The summed E-state index contributed by atoms with van der Waals surface area (Å²) < 4.78 is 2.03. The second-order valence-corrected chi connectivity index (χ2v) is 5.26. The molecular formula is C13H23N3O. The fourth-order valence-corrected chi connectivity index (χ4v) is 2.67. The first-order valence-corrected chi connectivity index (χ1v) is 6.49. The molecule has 1 atom stereocenters. The van der Waals surface area contributed by atoms with Crippen molar-refractivity contribution in [3.63, 3.8) is 0 Å². The van der Waals surface area contributed by atoms with Crippen molar-refractivity contribution in [2.75, 3.05) is 13.6 Å². The Bertz CT molecular complexity index is 344. The van der Waals surface area contributed by atoms with E-state index in [-0.39, 0.29) is 6.10 Å². The number of hydrogen-bond donors (Lipinski definition) is 1. The van der Waals surface area contributed by atoms with Crippen LogP contribution in [0.3, 0.4) is 0 Å². The molecule has 0 saturated heterocycles.